The summed E-state index contributed by atoms with van der Waals surface area (Å²) in [7, 11) is 0. The summed E-state index contributed by atoms with van der Waals surface area (Å²) in [5.41, 5.74) is 0.781. The Bertz CT molecular complexity index is 406. The fourth-order valence-electron chi connectivity index (χ4n) is 1.91. The normalized spacial score (nSPS) is 17.5. The molecule has 0 spiro atoms. The van der Waals surface area contributed by atoms with Crippen LogP contribution < -0.4 is 9.64 Å². The molecule has 1 aromatic carbocycles. The third-order valence-corrected chi connectivity index (χ3v) is 2.43. The number of nitriles is 1. The van der Waals surface area contributed by atoms with E-state index < -0.39 is 0 Å². The van der Waals surface area contributed by atoms with Gasteiger partial charge in [0.2, 0.25) is 0 Å². The molecule has 0 N–H and O–H groups in total. The Labute approximate surface area is 89.9 Å². The number of anilines is 1. The summed E-state index contributed by atoms with van der Waals surface area (Å²) in [5.74, 6) is 0.865. The van der Waals surface area contributed by atoms with Gasteiger partial charge in [0.1, 0.15) is 17.9 Å². The topological polar surface area (TPSA) is 36.3 Å². The molecule has 0 fully saturated rings. The van der Waals surface area contributed by atoms with E-state index in [0.717, 1.165) is 18.0 Å². The Morgan fingerprint density at radius 2 is 2.20 bits per heavy atom. The number of ether oxygens (including phenoxy) is 1. The Balaban J connectivity index is 2.39. The van der Waals surface area contributed by atoms with Crippen molar-refractivity contribution in [2.45, 2.75) is 19.4 Å². The van der Waals surface area contributed by atoms with Gasteiger partial charge in [-0.15, -0.1) is 0 Å². The molecule has 0 amide bonds. The minimum Gasteiger partial charge on any atom is -0.484 e. The van der Waals surface area contributed by atoms with Crippen LogP contribution in [0.1, 0.15) is 13.8 Å². The maximum atomic E-state index is 8.78. The first-order valence-corrected chi connectivity index (χ1v) is 5.02. The van der Waals surface area contributed by atoms with Crippen LogP contribution >= 0.6 is 0 Å². The lowest BCUT2D eigenvalue weighted by Crippen LogP contribution is -2.47. The largest absolute Gasteiger partial charge is 0.484 e. The van der Waals surface area contributed by atoms with E-state index in [4.69, 9.17) is 10.00 Å². The third-order valence-electron chi connectivity index (χ3n) is 2.43. The molecule has 0 aliphatic carbocycles. The van der Waals surface area contributed by atoms with Gasteiger partial charge in [-0.05, 0) is 26.0 Å². The molecule has 0 atom stereocenters. The average molecular weight is 202 g/mol. The highest BCUT2D eigenvalue weighted by molar-refractivity contribution is 5.61. The molecular formula is C12H14N2O. The molecule has 1 heterocycles. The molecule has 0 saturated heterocycles. The SMILES string of the molecule is CC1(C)CN(CC#N)c2ccccc2O1. The summed E-state index contributed by atoms with van der Waals surface area (Å²) in [6.45, 7) is 5.22. The van der Waals surface area contributed by atoms with Crippen LogP contribution in [-0.2, 0) is 0 Å². The maximum Gasteiger partial charge on any atom is 0.143 e. The van der Waals surface area contributed by atoms with E-state index in [0.29, 0.717) is 6.54 Å². The van der Waals surface area contributed by atoms with E-state index >= 15 is 0 Å². The summed E-state index contributed by atoms with van der Waals surface area (Å²) >= 11 is 0. The first-order chi connectivity index (χ1) is 7.12. The molecule has 2 rings (SSSR count). The van der Waals surface area contributed by atoms with Gasteiger partial charge in [-0.3, -0.25) is 0 Å². The van der Waals surface area contributed by atoms with Gasteiger partial charge in [0.15, 0.2) is 0 Å². The van der Waals surface area contributed by atoms with E-state index in [1.54, 1.807) is 0 Å². The fourth-order valence-corrected chi connectivity index (χ4v) is 1.91. The fraction of sp³-hybridized carbons (Fsp3) is 0.417. The lowest BCUT2D eigenvalue weighted by atomic mass is 10.1. The summed E-state index contributed by atoms with van der Waals surface area (Å²) in [4.78, 5) is 2.05. The van der Waals surface area contributed by atoms with E-state index in [-0.39, 0.29) is 5.60 Å². The van der Waals surface area contributed by atoms with Gasteiger partial charge in [0.25, 0.3) is 0 Å². The van der Waals surface area contributed by atoms with Crippen LogP contribution in [0.2, 0.25) is 0 Å². The van der Waals surface area contributed by atoms with Gasteiger partial charge in [0.05, 0.1) is 18.3 Å². The van der Waals surface area contributed by atoms with Crippen LogP contribution in [0, 0.1) is 11.3 Å². The molecule has 0 radical (unpaired) electrons. The Morgan fingerprint density at radius 3 is 2.93 bits per heavy atom. The van der Waals surface area contributed by atoms with Gasteiger partial charge in [0, 0.05) is 0 Å². The van der Waals surface area contributed by atoms with Crippen LogP contribution in [0.15, 0.2) is 24.3 Å². The molecule has 78 valence electrons. The number of rotatable bonds is 1. The predicted molar refractivity (Wildman–Crippen MR) is 59.0 cm³/mol. The maximum absolute atomic E-state index is 8.78. The van der Waals surface area contributed by atoms with E-state index in [2.05, 4.69) is 11.0 Å². The number of hydrogen-bond acceptors (Lipinski definition) is 3. The van der Waals surface area contributed by atoms with Gasteiger partial charge in [-0.1, -0.05) is 12.1 Å². The van der Waals surface area contributed by atoms with Crippen LogP contribution in [0.4, 0.5) is 5.69 Å². The lowest BCUT2D eigenvalue weighted by molar-refractivity contribution is 0.106. The quantitative estimate of drug-likeness (QED) is 0.655. The van der Waals surface area contributed by atoms with Crippen LogP contribution in [0.25, 0.3) is 0 Å². The zero-order valence-corrected chi connectivity index (χ0v) is 9.03. The highest BCUT2D eigenvalue weighted by Gasteiger charge is 2.30. The predicted octanol–water partition coefficient (Wildman–Crippen LogP) is 2.19. The Kier molecular flexibility index (Phi) is 2.28. The van der Waals surface area contributed by atoms with Gasteiger partial charge in [-0.25, -0.2) is 0 Å². The van der Waals surface area contributed by atoms with Crippen molar-refractivity contribution in [1.82, 2.24) is 0 Å². The van der Waals surface area contributed by atoms with E-state index in [9.17, 15) is 0 Å². The van der Waals surface area contributed by atoms with Crippen LogP contribution in [0.3, 0.4) is 0 Å². The molecule has 15 heavy (non-hydrogen) atoms. The van der Waals surface area contributed by atoms with Gasteiger partial charge < -0.3 is 9.64 Å². The smallest absolute Gasteiger partial charge is 0.143 e. The molecule has 1 aliphatic heterocycles. The van der Waals surface area contributed by atoms with Crippen molar-refractivity contribution in [3.8, 4) is 11.8 Å². The van der Waals surface area contributed by atoms with Crippen molar-refractivity contribution in [3.05, 3.63) is 24.3 Å². The van der Waals surface area contributed by atoms with Crippen molar-refractivity contribution < 1.29 is 4.74 Å². The number of nitrogens with zero attached hydrogens (tertiary/aromatic N) is 2. The van der Waals surface area contributed by atoms with E-state index in [1.807, 2.05) is 38.1 Å². The second-order valence-corrected chi connectivity index (χ2v) is 4.34. The Hall–Kier alpha value is -1.69. The molecule has 0 unspecified atom stereocenters. The van der Waals surface area contributed by atoms with Gasteiger partial charge >= 0.3 is 0 Å². The minimum absolute atomic E-state index is 0.231. The highest BCUT2D eigenvalue weighted by Crippen LogP contribution is 2.36. The second-order valence-electron chi connectivity index (χ2n) is 4.34. The minimum atomic E-state index is -0.231. The standard InChI is InChI=1S/C12H14N2O/c1-12(2)9-14(8-7-13)10-5-3-4-6-11(10)15-12/h3-6H,8-9H2,1-2H3. The summed E-state index contributed by atoms with van der Waals surface area (Å²) in [6.07, 6.45) is 0. The monoisotopic (exact) mass is 202 g/mol. The molecule has 0 saturated carbocycles. The average Bonchev–Trinajstić information content (AvgIpc) is 2.16. The van der Waals surface area contributed by atoms with Crippen molar-refractivity contribution in [1.29, 1.82) is 5.26 Å². The molecule has 0 aromatic heterocycles. The van der Waals surface area contributed by atoms with Crippen LogP contribution in [-0.4, -0.2) is 18.7 Å². The number of fused-ring (bicyclic) bond motifs is 1. The summed E-state index contributed by atoms with van der Waals surface area (Å²) in [5, 5.41) is 8.78. The summed E-state index contributed by atoms with van der Waals surface area (Å²) < 4.78 is 5.84. The first-order valence-electron chi connectivity index (χ1n) is 5.02. The van der Waals surface area contributed by atoms with Crippen molar-refractivity contribution in [2.24, 2.45) is 0 Å². The van der Waals surface area contributed by atoms with E-state index in [1.165, 1.54) is 0 Å². The number of benzene rings is 1. The molecule has 3 nitrogen and oxygen atoms in total. The third kappa shape index (κ3) is 1.89. The molecule has 0 bridgehead atoms. The van der Waals surface area contributed by atoms with Crippen LogP contribution in [0.5, 0.6) is 5.75 Å². The number of hydrogen-bond donors (Lipinski definition) is 0. The molecular weight excluding hydrogens is 188 g/mol. The highest BCUT2D eigenvalue weighted by atomic mass is 16.5. The zero-order chi connectivity index (χ0) is 10.9. The molecule has 1 aromatic rings. The van der Waals surface area contributed by atoms with Crippen molar-refractivity contribution in [3.63, 3.8) is 0 Å². The Morgan fingerprint density at radius 1 is 1.47 bits per heavy atom. The summed E-state index contributed by atoms with van der Waals surface area (Å²) in [6, 6.07) is 10.0. The molecule has 1 aliphatic rings. The lowest BCUT2D eigenvalue weighted by Gasteiger charge is -2.39. The van der Waals surface area contributed by atoms with Crippen molar-refractivity contribution in [2.75, 3.05) is 18.0 Å². The molecule has 3 heteroatoms. The second kappa shape index (κ2) is 3.47. The van der Waals surface area contributed by atoms with Crippen molar-refractivity contribution >= 4 is 5.69 Å². The number of para-hydroxylation sites is 2. The van der Waals surface area contributed by atoms with Gasteiger partial charge in [-0.2, -0.15) is 5.26 Å². The first kappa shape index (κ1) is 9.85. The zero-order valence-electron chi connectivity index (χ0n) is 9.03.